The number of hydrogen-bond acceptors (Lipinski definition) is 3. The van der Waals surface area contributed by atoms with Crippen LogP contribution in [-0.4, -0.2) is 27.0 Å². The van der Waals surface area contributed by atoms with E-state index in [4.69, 9.17) is 0 Å². The smallest absolute Gasteiger partial charge is 0.357 e. The first-order chi connectivity index (χ1) is 14.8. The summed E-state index contributed by atoms with van der Waals surface area (Å²) in [6, 6.07) is 6.34. The first-order valence-electron chi connectivity index (χ1n) is 9.61. The van der Waals surface area contributed by atoms with Crippen molar-refractivity contribution < 1.29 is 17.6 Å². The van der Waals surface area contributed by atoms with Gasteiger partial charge in [0.1, 0.15) is 17.5 Å². The van der Waals surface area contributed by atoms with Gasteiger partial charge in [-0.3, -0.25) is 4.57 Å². The van der Waals surface area contributed by atoms with Crippen molar-refractivity contribution in [3.05, 3.63) is 77.3 Å². The van der Waals surface area contributed by atoms with Gasteiger partial charge in [0.25, 0.3) is 0 Å². The fourth-order valence-electron chi connectivity index (χ4n) is 2.93. The van der Waals surface area contributed by atoms with E-state index in [0.717, 1.165) is 29.3 Å². The largest absolute Gasteiger partial charge is 0.416 e. The van der Waals surface area contributed by atoms with Crippen LogP contribution in [0.1, 0.15) is 29.4 Å². The summed E-state index contributed by atoms with van der Waals surface area (Å²) < 4.78 is 54.7. The number of halogens is 4. The van der Waals surface area contributed by atoms with Crippen molar-refractivity contribution in [2.24, 2.45) is 4.99 Å². The molecule has 0 aliphatic rings. The molecule has 164 valence electrons. The maximum Gasteiger partial charge on any atom is 0.416 e. The second-order valence-electron chi connectivity index (χ2n) is 6.72. The second-order valence-corrected chi connectivity index (χ2v) is 6.72. The van der Waals surface area contributed by atoms with Crippen molar-refractivity contribution in [2.75, 3.05) is 6.54 Å². The first kappa shape index (κ1) is 22.3. The highest BCUT2D eigenvalue weighted by atomic mass is 19.4. The van der Waals surface area contributed by atoms with Gasteiger partial charge in [-0.1, -0.05) is 12.1 Å². The molecule has 0 saturated heterocycles. The summed E-state index contributed by atoms with van der Waals surface area (Å²) in [5, 5.41) is 5.85. The molecule has 6 nitrogen and oxygen atoms in total. The predicted octanol–water partition coefficient (Wildman–Crippen LogP) is 3.99. The van der Waals surface area contributed by atoms with E-state index in [1.54, 1.807) is 12.4 Å². The Hall–Kier alpha value is -3.43. The number of nitrogens with zero attached hydrogens (tertiary/aromatic N) is 4. The molecule has 0 amide bonds. The number of alkyl halides is 3. The molecular formula is C21H22F4N6. The first-order valence-corrected chi connectivity index (χ1v) is 9.61. The summed E-state index contributed by atoms with van der Waals surface area (Å²) in [5.74, 6) is 0.952. The Morgan fingerprint density at radius 3 is 2.55 bits per heavy atom. The molecule has 0 fully saturated rings. The summed E-state index contributed by atoms with van der Waals surface area (Å²) in [7, 11) is 0. The number of benzene rings is 1. The molecule has 3 aromatic rings. The number of hydrogen-bond donors (Lipinski definition) is 2. The maximum absolute atomic E-state index is 13.3. The monoisotopic (exact) mass is 434 g/mol. The van der Waals surface area contributed by atoms with Crippen LogP contribution in [0.4, 0.5) is 17.6 Å². The molecule has 3 rings (SSSR count). The van der Waals surface area contributed by atoms with Gasteiger partial charge in [-0.05, 0) is 43.2 Å². The number of nitrogens with one attached hydrogen (secondary N) is 2. The van der Waals surface area contributed by atoms with E-state index in [-0.39, 0.29) is 18.7 Å². The Bertz CT molecular complexity index is 1040. The summed E-state index contributed by atoms with van der Waals surface area (Å²) in [4.78, 5) is 13.0. The number of guanidine groups is 1. The van der Waals surface area contributed by atoms with Gasteiger partial charge in [0, 0.05) is 31.7 Å². The zero-order chi connectivity index (χ0) is 22.4. The number of pyridine rings is 1. The van der Waals surface area contributed by atoms with Gasteiger partial charge in [-0.25, -0.2) is 19.4 Å². The molecule has 0 atom stereocenters. The van der Waals surface area contributed by atoms with Crippen LogP contribution in [0.2, 0.25) is 0 Å². The standard InChI is InChI=1S/C21H22F4N6/c1-3-26-20(30-13-16-5-6-17(22)10-18(16)21(23,24)25)29-12-15-4-7-19(28-11-15)31-9-8-27-14(31)2/h4-11H,3,12-13H2,1-2H3,(H2,26,29,30). The lowest BCUT2D eigenvalue weighted by Gasteiger charge is -2.16. The minimum atomic E-state index is -4.64. The second kappa shape index (κ2) is 9.59. The summed E-state index contributed by atoms with van der Waals surface area (Å²) in [5.41, 5.74) is -0.247. The van der Waals surface area contributed by atoms with Gasteiger partial charge in [-0.15, -0.1) is 0 Å². The summed E-state index contributed by atoms with van der Waals surface area (Å²) in [6.45, 7) is 4.37. The highest BCUT2D eigenvalue weighted by Crippen LogP contribution is 2.32. The minimum absolute atomic E-state index is 0.0683. The fraction of sp³-hybridized carbons (Fsp3) is 0.286. The van der Waals surface area contributed by atoms with Gasteiger partial charge >= 0.3 is 6.18 Å². The van der Waals surface area contributed by atoms with E-state index in [9.17, 15) is 17.6 Å². The molecular weight excluding hydrogens is 412 g/mol. The lowest BCUT2D eigenvalue weighted by Crippen LogP contribution is -2.37. The Balaban J connectivity index is 1.69. The lowest BCUT2D eigenvalue weighted by molar-refractivity contribution is -0.138. The van der Waals surface area contributed by atoms with Gasteiger partial charge in [0.05, 0.1) is 12.1 Å². The molecule has 0 spiro atoms. The van der Waals surface area contributed by atoms with Gasteiger partial charge in [0.15, 0.2) is 5.96 Å². The average molecular weight is 434 g/mol. The SMILES string of the molecule is CCNC(=NCc1ccc(-n2ccnc2C)nc1)NCc1ccc(F)cc1C(F)(F)F. The third-order valence-electron chi connectivity index (χ3n) is 4.47. The molecule has 0 radical (unpaired) electrons. The molecule has 2 aromatic heterocycles. The van der Waals surface area contributed by atoms with Crippen LogP contribution in [0.3, 0.4) is 0 Å². The Kier molecular flexibility index (Phi) is 6.88. The van der Waals surface area contributed by atoms with Gasteiger partial charge < -0.3 is 10.6 Å². The highest BCUT2D eigenvalue weighted by molar-refractivity contribution is 5.79. The van der Waals surface area contributed by atoms with Crippen LogP contribution in [0.5, 0.6) is 0 Å². The Morgan fingerprint density at radius 1 is 1.13 bits per heavy atom. The predicted molar refractivity (Wildman–Crippen MR) is 109 cm³/mol. The highest BCUT2D eigenvalue weighted by Gasteiger charge is 2.33. The van der Waals surface area contributed by atoms with Crippen LogP contribution in [0.15, 0.2) is 53.9 Å². The van der Waals surface area contributed by atoms with Crippen LogP contribution >= 0.6 is 0 Å². The summed E-state index contributed by atoms with van der Waals surface area (Å²) >= 11 is 0. The molecule has 2 heterocycles. The van der Waals surface area contributed by atoms with E-state index >= 15 is 0 Å². The van der Waals surface area contributed by atoms with Crippen molar-refractivity contribution in [1.29, 1.82) is 0 Å². The third kappa shape index (κ3) is 5.80. The molecule has 10 heteroatoms. The van der Waals surface area contributed by atoms with E-state index < -0.39 is 17.6 Å². The zero-order valence-corrected chi connectivity index (χ0v) is 17.0. The number of rotatable bonds is 6. The minimum Gasteiger partial charge on any atom is -0.357 e. The maximum atomic E-state index is 13.3. The average Bonchev–Trinajstić information content (AvgIpc) is 3.16. The number of aliphatic imine (C=N–C) groups is 1. The van der Waals surface area contributed by atoms with E-state index in [1.807, 2.05) is 36.7 Å². The van der Waals surface area contributed by atoms with Crippen LogP contribution in [0, 0.1) is 12.7 Å². The topological polar surface area (TPSA) is 67.1 Å². The van der Waals surface area contributed by atoms with Gasteiger partial charge in [-0.2, -0.15) is 13.2 Å². The number of aromatic nitrogens is 3. The summed E-state index contributed by atoms with van der Waals surface area (Å²) in [6.07, 6.45) is 0.543. The third-order valence-corrected chi connectivity index (χ3v) is 4.47. The van der Waals surface area contributed by atoms with E-state index in [0.29, 0.717) is 18.6 Å². The number of aryl methyl sites for hydroxylation is 1. The molecule has 0 bridgehead atoms. The van der Waals surface area contributed by atoms with Crippen molar-refractivity contribution in [3.63, 3.8) is 0 Å². The van der Waals surface area contributed by atoms with Crippen LogP contribution in [0.25, 0.3) is 5.82 Å². The van der Waals surface area contributed by atoms with E-state index in [2.05, 4.69) is 25.6 Å². The fourth-order valence-corrected chi connectivity index (χ4v) is 2.93. The molecule has 0 saturated carbocycles. The number of imidazole rings is 1. The van der Waals surface area contributed by atoms with Crippen LogP contribution in [-0.2, 0) is 19.3 Å². The molecule has 0 unspecified atom stereocenters. The molecule has 0 aliphatic carbocycles. The molecule has 31 heavy (non-hydrogen) atoms. The van der Waals surface area contributed by atoms with Crippen molar-refractivity contribution >= 4 is 5.96 Å². The Morgan fingerprint density at radius 2 is 1.94 bits per heavy atom. The van der Waals surface area contributed by atoms with Crippen molar-refractivity contribution in [3.8, 4) is 5.82 Å². The normalized spacial score (nSPS) is 12.1. The van der Waals surface area contributed by atoms with Crippen LogP contribution < -0.4 is 10.6 Å². The lowest BCUT2D eigenvalue weighted by atomic mass is 10.1. The molecule has 1 aromatic carbocycles. The molecule has 2 N–H and O–H groups in total. The Labute approximate surface area is 177 Å². The molecule has 0 aliphatic heterocycles. The van der Waals surface area contributed by atoms with Crippen molar-refractivity contribution in [2.45, 2.75) is 33.1 Å². The van der Waals surface area contributed by atoms with Gasteiger partial charge in [0.2, 0.25) is 0 Å². The van der Waals surface area contributed by atoms with Crippen molar-refractivity contribution in [1.82, 2.24) is 25.2 Å². The van der Waals surface area contributed by atoms with E-state index in [1.165, 1.54) is 0 Å². The zero-order valence-electron chi connectivity index (χ0n) is 17.0. The quantitative estimate of drug-likeness (QED) is 0.350.